The first-order valence-corrected chi connectivity index (χ1v) is 6.91. The number of carboxylic acids is 1. The molecule has 0 aliphatic carbocycles. The number of likely N-dealkylation sites (N-methyl/N-ethyl adjacent to an activating group) is 2. The van der Waals surface area contributed by atoms with Gasteiger partial charge in [-0.3, -0.25) is 4.79 Å². The number of aliphatic carboxylic acids is 1. The zero-order chi connectivity index (χ0) is 15.3. The Morgan fingerprint density at radius 2 is 2.00 bits per heavy atom. The molecule has 2 N–H and O–H groups in total. The van der Waals surface area contributed by atoms with Crippen LogP contribution in [-0.4, -0.2) is 65.0 Å². The third-order valence-corrected chi connectivity index (χ3v) is 3.78. The van der Waals surface area contributed by atoms with Crippen molar-refractivity contribution < 1.29 is 19.5 Å². The highest BCUT2D eigenvalue weighted by Gasteiger charge is 2.49. The maximum atomic E-state index is 12.4. The van der Waals surface area contributed by atoms with Crippen LogP contribution in [-0.2, 0) is 9.59 Å². The molecule has 0 spiro atoms. The molecule has 1 heterocycles. The second-order valence-electron chi connectivity index (χ2n) is 5.04. The summed E-state index contributed by atoms with van der Waals surface area (Å²) < 4.78 is 0. The van der Waals surface area contributed by atoms with E-state index in [4.69, 9.17) is 0 Å². The molecule has 0 aromatic heterocycles. The van der Waals surface area contributed by atoms with Crippen molar-refractivity contribution in [2.45, 2.75) is 38.6 Å². The van der Waals surface area contributed by atoms with Gasteiger partial charge >= 0.3 is 12.0 Å². The van der Waals surface area contributed by atoms with Crippen molar-refractivity contribution in [3.8, 4) is 0 Å². The van der Waals surface area contributed by atoms with Gasteiger partial charge in [-0.25, -0.2) is 9.59 Å². The Hall–Kier alpha value is -1.79. The van der Waals surface area contributed by atoms with E-state index in [2.05, 4.69) is 5.32 Å². The first kappa shape index (κ1) is 16.3. The molecule has 114 valence electrons. The van der Waals surface area contributed by atoms with Gasteiger partial charge in [-0.15, -0.1) is 0 Å². The monoisotopic (exact) mass is 285 g/mol. The van der Waals surface area contributed by atoms with Gasteiger partial charge in [0.1, 0.15) is 12.1 Å². The molecule has 1 rings (SSSR count). The van der Waals surface area contributed by atoms with Crippen LogP contribution in [0.5, 0.6) is 0 Å². The summed E-state index contributed by atoms with van der Waals surface area (Å²) in [5.74, 6) is -1.22. The number of urea groups is 1. The molecular weight excluding hydrogens is 262 g/mol. The second kappa shape index (κ2) is 6.58. The van der Waals surface area contributed by atoms with Gasteiger partial charge in [-0.05, 0) is 26.2 Å². The third kappa shape index (κ3) is 3.02. The number of rotatable bonds is 5. The standard InChI is InChI=1S/C13H23N3O4/c1-4-13(11(18)19)7-6-8-16(13)12(20)15(3)9-10(17)14-5-2/h4-9H2,1-3H3,(H,14,17)(H,18,19). The number of likely N-dealkylation sites (tertiary alicyclic amines) is 1. The van der Waals surface area contributed by atoms with E-state index in [9.17, 15) is 19.5 Å². The summed E-state index contributed by atoms with van der Waals surface area (Å²) in [4.78, 5) is 38.0. The average Bonchev–Trinajstić information content (AvgIpc) is 2.82. The van der Waals surface area contributed by atoms with Gasteiger partial charge in [-0.1, -0.05) is 6.92 Å². The van der Waals surface area contributed by atoms with E-state index in [1.54, 1.807) is 13.8 Å². The minimum atomic E-state index is -1.13. The lowest BCUT2D eigenvalue weighted by Gasteiger charge is -2.36. The number of nitrogens with zero attached hydrogens (tertiary/aromatic N) is 2. The first-order chi connectivity index (χ1) is 9.39. The quantitative estimate of drug-likeness (QED) is 0.770. The fourth-order valence-electron chi connectivity index (χ4n) is 2.64. The van der Waals surface area contributed by atoms with Crippen LogP contribution in [0.25, 0.3) is 0 Å². The lowest BCUT2D eigenvalue weighted by Crippen LogP contribution is -2.56. The van der Waals surface area contributed by atoms with Crippen LogP contribution in [0.15, 0.2) is 0 Å². The maximum absolute atomic E-state index is 12.4. The summed E-state index contributed by atoms with van der Waals surface area (Å²) in [6.45, 7) is 4.41. The van der Waals surface area contributed by atoms with Crippen LogP contribution in [0.1, 0.15) is 33.1 Å². The van der Waals surface area contributed by atoms with Crippen molar-refractivity contribution in [1.29, 1.82) is 0 Å². The summed E-state index contributed by atoms with van der Waals surface area (Å²) in [6, 6.07) is -0.405. The highest BCUT2D eigenvalue weighted by atomic mass is 16.4. The van der Waals surface area contributed by atoms with E-state index in [0.29, 0.717) is 32.4 Å². The molecule has 0 bridgehead atoms. The van der Waals surface area contributed by atoms with Crippen LogP contribution in [0.3, 0.4) is 0 Å². The third-order valence-electron chi connectivity index (χ3n) is 3.78. The predicted octanol–water partition coefficient (Wildman–Crippen LogP) is 0.504. The number of carbonyl (C=O) groups excluding carboxylic acids is 2. The molecule has 20 heavy (non-hydrogen) atoms. The summed E-state index contributed by atoms with van der Waals surface area (Å²) in [6.07, 6.45) is 1.49. The Morgan fingerprint density at radius 3 is 2.50 bits per heavy atom. The van der Waals surface area contributed by atoms with Crippen LogP contribution in [0.2, 0.25) is 0 Å². The molecule has 0 aromatic carbocycles. The van der Waals surface area contributed by atoms with E-state index in [1.165, 1.54) is 16.8 Å². The molecule has 1 unspecified atom stereocenters. The molecule has 0 radical (unpaired) electrons. The van der Waals surface area contributed by atoms with Crippen molar-refractivity contribution in [2.75, 3.05) is 26.7 Å². The van der Waals surface area contributed by atoms with Gasteiger partial charge in [-0.2, -0.15) is 0 Å². The van der Waals surface area contributed by atoms with E-state index >= 15 is 0 Å². The molecule has 0 aromatic rings. The Bertz CT molecular complexity index is 399. The normalized spacial score (nSPS) is 21.6. The number of nitrogens with one attached hydrogen (secondary N) is 1. The molecular formula is C13H23N3O4. The molecule has 1 saturated heterocycles. The Kier molecular flexibility index (Phi) is 5.35. The van der Waals surface area contributed by atoms with Gasteiger partial charge in [0.2, 0.25) is 5.91 Å². The fraction of sp³-hybridized carbons (Fsp3) is 0.769. The number of amides is 3. The Morgan fingerprint density at radius 1 is 1.35 bits per heavy atom. The minimum absolute atomic E-state index is 0.0669. The van der Waals surface area contributed by atoms with Crippen molar-refractivity contribution in [3.63, 3.8) is 0 Å². The van der Waals surface area contributed by atoms with Crippen molar-refractivity contribution in [3.05, 3.63) is 0 Å². The molecule has 7 nitrogen and oxygen atoms in total. The number of carbonyl (C=O) groups is 3. The number of hydrogen-bond donors (Lipinski definition) is 2. The molecule has 0 saturated carbocycles. The van der Waals surface area contributed by atoms with Gasteiger partial charge in [0.05, 0.1) is 0 Å². The Labute approximate surface area is 118 Å². The van der Waals surface area contributed by atoms with Crippen LogP contribution in [0.4, 0.5) is 4.79 Å². The zero-order valence-electron chi connectivity index (χ0n) is 12.3. The van der Waals surface area contributed by atoms with Gasteiger partial charge in [0, 0.05) is 20.1 Å². The highest BCUT2D eigenvalue weighted by Crippen LogP contribution is 2.33. The molecule has 1 aliphatic heterocycles. The lowest BCUT2D eigenvalue weighted by molar-refractivity contribution is -0.148. The first-order valence-electron chi connectivity index (χ1n) is 6.91. The minimum Gasteiger partial charge on any atom is -0.479 e. The van der Waals surface area contributed by atoms with E-state index in [0.717, 1.165) is 0 Å². The lowest BCUT2D eigenvalue weighted by atomic mass is 9.93. The highest BCUT2D eigenvalue weighted by molar-refractivity contribution is 5.89. The van der Waals surface area contributed by atoms with Crippen molar-refractivity contribution >= 4 is 17.9 Å². The van der Waals surface area contributed by atoms with Crippen molar-refractivity contribution in [2.24, 2.45) is 0 Å². The van der Waals surface area contributed by atoms with Gasteiger partial charge in [0.15, 0.2) is 0 Å². The largest absolute Gasteiger partial charge is 0.479 e. The van der Waals surface area contributed by atoms with E-state index < -0.39 is 17.5 Å². The van der Waals surface area contributed by atoms with Gasteiger partial charge < -0.3 is 20.2 Å². The summed E-state index contributed by atoms with van der Waals surface area (Å²) in [5.41, 5.74) is -1.13. The molecule has 1 aliphatic rings. The molecule has 3 amide bonds. The Balaban J connectivity index is 2.79. The number of carboxylic acid groups (broad SMARTS) is 1. The maximum Gasteiger partial charge on any atom is 0.329 e. The summed E-state index contributed by atoms with van der Waals surface area (Å²) >= 11 is 0. The molecule has 7 heteroatoms. The van der Waals surface area contributed by atoms with Crippen molar-refractivity contribution in [1.82, 2.24) is 15.1 Å². The predicted molar refractivity (Wildman–Crippen MR) is 73.3 cm³/mol. The SMILES string of the molecule is CCNC(=O)CN(C)C(=O)N1CCCC1(CC)C(=O)O. The average molecular weight is 285 g/mol. The van der Waals surface area contributed by atoms with Crippen LogP contribution in [0, 0.1) is 0 Å². The zero-order valence-corrected chi connectivity index (χ0v) is 12.3. The topological polar surface area (TPSA) is 90.0 Å². The summed E-state index contributed by atoms with van der Waals surface area (Å²) in [7, 11) is 1.51. The van der Waals surface area contributed by atoms with Crippen LogP contribution < -0.4 is 5.32 Å². The smallest absolute Gasteiger partial charge is 0.329 e. The van der Waals surface area contributed by atoms with Gasteiger partial charge in [0.25, 0.3) is 0 Å². The summed E-state index contributed by atoms with van der Waals surface area (Å²) in [5, 5.41) is 12.1. The van der Waals surface area contributed by atoms with Crippen LogP contribution >= 0.6 is 0 Å². The second-order valence-corrected chi connectivity index (χ2v) is 5.04. The molecule has 1 fully saturated rings. The van der Waals surface area contributed by atoms with E-state index in [1.807, 2.05) is 0 Å². The van der Waals surface area contributed by atoms with E-state index in [-0.39, 0.29) is 12.5 Å². The molecule has 1 atom stereocenters. The fourth-order valence-corrected chi connectivity index (χ4v) is 2.64. The number of hydrogen-bond acceptors (Lipinski definition) is 3.